The van der Waals surface area contributed by atoms with Crippen molar-refractivity contribution in [3.63, 3.8) is 0 Å². The lowest BCUT2D eigenvalue weighted by Crippen LogP contribution is -1.97. The molecule has 0 radical (unpaired) electrons. The first-order valence-electron chi connectivity index (χ1n) is 11.5. The summed E-state index contributed by atoms with van der Waals surface area (Å²) in [6, 6.07) is 0. The van der Waals surface area contributed by atoms with Gasteiger partial charge in [-0.25, -0.2) is 0 Å². The molecule has 0 bridgehead atoms. The van der Waals surface area contributed by atoms with Crippen LogP contribution in [0.1, 0.15) is 101 Å². The summed E-state index contributed by atoms with van der Waals surface area (Å²) in [5, 5.41) is 0. The summed E-state index contributed by atoms with van der Waals surface area (Å²) in [6.07, 6.45) is 7.35. The molecule has 0 aliphatic heterocycles. The van der Waals surface area contributed by atoms with E-state index in [9.17, 15) is 0 Å². The van der Waals surface area contributed by atoms with Gasteiger partial charge in [0.25, 0.3) is 0 Å². The second-order valence-corrected chi connectivity index (χ2v) is 8.26. The average Bonchev–Trinajstić information content (AvgIpc) is 2.59. The molecule has 0 aromatic carbocycles. The van der Waals surface area contributed by atoms with E-state index >= 15 is 0 Å². The van der Waals surface area contributed by atoms with Crippen molar-refractivity contribution in [3.8, 4) is 0 Å². The van der Waals surface area contributed by atoms with Crippen molar-refractivity contribution in [3.05, 3.63) is 0 Å². The molecule has 3 nitrogen and oxygen atoms in total. The lowest BCUT2D eigenvalue weighted by molar-refractivity contribution is 0.128. The summed E-state index contributed by atoms with van der Waals surface area (Å²) < 4.78 is 15.7. The highest BCUT2D eigenvalue weighted by atomic mass is 16.5. The summed E-state index contributed by atoms with van der Waals surface area (Å²) in [4.78, 5) is 0. The maximum atomic E-state index is 5.33. The van der Waals surface area contributed by atoms with Crippen molar-refractivity contribution in [2.24, 2.45) is 17.8 Å². The maximum Gasteiger partial charge on any atom is 0.0468 e. The third kappa shape index (κ3) is 46.2. The van der Waals surface area contributed by atoms with Gasteiger partial charge < -0.3 is 14.2 Å². The van der Waals surface area contributed by atoms with Gasteiger partial charge in [-0.05, 0) is 70.1 Å². The van der Waals surface area contributed by atoms with Crippen molar-refractivity contribution in [2.75, 3.05) is 39.6 Å². The van der Waals surface area contributed by atoms with E-state index in [1.807, 2.05) is 13.8 Å². The van der Waals surface area contributed by atoms with Gasteiger partial charge in [0, 0.05) is 39.6 Å². The van der Waals surface area contributed by atoms with Crippen LogP contribution in [0.5, 0.6) is 0 Å². The molecule has 0 atom stereocenters. The second kappa shape index (κ2) is 28.1. The molecular formula is C24H54O3. The number of hydrogen-bond donors (Lipinski definition) is 0. The van der Waals surface area contributed by atoms with E-state index in [-0.39, 0.29) is 0 Å². The van der Waals surface area contributed by atoms with E-state index in [4.69, 9.17) is 14.2 Å². The predicted octanol–water partition coefficient (Wildman–Crippen LogP) is 7.38. The first kappa shape index (κ1) is 31.6. The van der Waals surface area contributed by atoms with Gasteiger partial charge >= 0.3 is 0 Å². The Morgan fingerprint density at radius 2 is 0.889 bits per heavy atom. The standard InChI is InChI=1S/C9H20O.C8H18O.C7H16O/c1-4-7-10-8-5-6-9(2)3;1-4-9-7-5-6-8(2)3;1-4-8-6-5-7(2)3/h9H,4-8H2,1-3H3;8H,4-7H2,1-3H3;7H,4-6H2,1-3H3. The largest absolute Gasteiger partial charge is 0.382 e. The van der Waals surface area contributed by atoms with Crippen LogP contribution >= 0.6 is 0 Å². The van der Waals surface area contributed by atoms with Gasteiger partial charge in [-0.15, -0.1) is 0 Å². The van der Waals surface area contributed by atoms with Crippen LogP contribution in [0.25, 0.3) is 0 Å². The molecule has 168 valence electrons. The van der Waals surface area contributed by atoms with Gasteiger partial charge in [0.15, 0.2) is 0 Å². The SMILES string of the molecule is CCCOCCCC(C)C.CCOCCC(C)C.CCOCCCC(C)C. The van der Waals surface area contributed by atoms with Crippen molar-refractivity contribution in [2.45, 2.75) is 101 Å². The van der Waals surface area contributed by atoms with E-state index in [1.54, 1.807) is 0 Å². The van der Waals surface area contributed by atoms with E-state index in [0.29, 0.717) is 0 Å². The highest BCUT2D eigenvalue weighted by Gasteiger charge is 1.93. The fraction of sp³-hybridized carbons (Fsp3) is 1.00. The predicted molar refractivity (Wildman–Crippen MR) is 122 cm³/mol. The Balaban J connectivity index is -0.000000322. The maximum absolute atomic E-state index is 5.33. The minimum Gasteiger partial charge on any atom is -0.382 e. The van der Waals surface area contributed by atoms with Crippen LogP contribution in [-0.4, -0.2) is 39.6 Å². The monoisotopic (exact) mass is 390 g/mol. The van der Waals surface area contributed by atoms with E-state index in [1.165, 1.54) is 32.1 Å². The molecule has 0 saturated heterocycles. The highest BCUT2D eigenvalue weighted by molar-refractivity contribution is 4.44. The van der Waals surface area contributed by atoms with Crippen LogP contribution in [0.3, 0.4) is 0 Å². The third-order valence-corrected chi connectivity index (χ3v) is 3.74. The molecule has 0 aliphatic carbocycles. The van der Waals surface area contributed by atoms with Gasteiger partial charge in [0.1, 0.15) is 0 Å². The van der Waals surface area contributed by atoms with Crippen LogP contribution in [0, 0.1) is 17.8 Å². The van der Waals surface area contributed by atoms with Gasteiger partial charge in [-0.1, -0.05) is 48.5 Å². The highest BCUT2D eigenvalue weighted by Crippen LogP contribution is 2.03. The third-order valence-electron chi connectivity index (χ3n) is 3.74. The first-order valence-corrected chi connectivity index (χ1v) is 11.5. The Labute approximate surface area is 172 Å². The summed E-state index contributed by atoms with van der Waals surface area (Å²) in [6.45, 7) is 25.1. The van der Waals surface area contributed by atoms with E-state index < -0.39 is 0 Å². The molecule has 0 amide bonds. The minimum atomic E-state index is 0.779. The zero-order chi connectivity index (χ0) is 21.3. The van der Waals surface area contributed by atoms with Gasteiger partial charge in [0.2, 0.25) is 0 Å². The Kier molecular flexibility index (Phi) is 32.8. The Morgan fingerprint density at radius 3 is 1.26 bits per heavy atom. The molecule has 27 heavy (non-hydrogen) atoms. The number of ether oxygens (including phenoxy) is 3. The summed E-state index contributed by atoms with van der Waals surface area (Å²) in [5.74, 6) is 2.43. The fourth-order valence-corrected chi connectivity index (χ4v) is 2.04. The summed E-state index contributed by atoms with van der Waals surface area (Å²) in [7, 11) is 0. The second-order valence-electron chi connectivity index (χ2n) is 8.26. The Morgan fingerprint density at radius 1 is 0.481 bits per heavy atom. The molecule has 0 N–H and O–H groups in total. The van der Waals surface area contributed by atoms with Crippen LogP contribution in [0.15, 0.2) is 0 Å². The molecule has 0 aliphatic rings. The topological polar surface area (TPSA) is 27.7 Å². The zero-order valence-electron chi connectivity index (χ0n) is 20.4. The molecule has 0 fully saturated rings. The zero-order valence-corrected chi connectivity index (χ0v) is 20.4. The molecule has 0 aromatic heterocycles. The Hall–Kier alpha value is -0.120. The molecule has 0 aromatic rings. The number of rotatable bonds is 15. The van der Waals surface area contributed by atoms with Gasteiger partial charge in [-0.2, -0.15) is 0 Å². The molecule has 0 spiro atoms. The van der Waals surface area contributed by atoms with Crippen LogP contribution in [-0.2, 0) is 14.2 Å². The number of hydrogen-bond acceptors (Lipinski definition) is 3. The smallest absolute Gasteiger partial charge is 0.0468 e. The lowest BCUT2D eigenvalue weighted by Gasteiger charge is -2.04. The van der Waals surface area contributed by atoms with Crippen molar-refractivity contribution < 1.29 is 14.2 Å². The summed E-state index contributed by atoms with van der Waals surface area (Å²) >= 11 is 0. The lowest BCUT2D eigenvalue weighted by atomic mass is 10.1. The molecule has 3 heteroatoms. The van der Waals surface area contributed by atoms with Crippen molar-refractivity contribution in [1.82, 2.24) is 0 Å². The molecule has 0 unspecified atom stereocenters. The van der Waals surface area contributed by atoms with E-state index in [2.05, 4.69) is 48.5 Å². The normalized spacial score (nSPS) is 10.7. The first-order chi connectivity index (χ1) is 12.8. The average molecular weight is 391 g/mol. The van der Waals surface area contributed by atoms with Crippen LogP contribution < -0.4 is 0 Å². The quantitative estimate of drug-likeness (QED) is 0.273. The summed E-state index contributed by atoms with van der Waals surface area (Å²) in [5.41, 5.74) is 0. The molecule has 0 rings (SSSR count). The van der Waals surface area contributed by atoms with Gasteiger partial charge in [0.05, 0.1) is 0 Å². The fourth-order valence-electron chi connectivity index (χ4n) is 2.04. The van der Waals surface area contributed by atoms with Crippen LogP contribution in [0.2, 0.25) is 0 Å². The minimum absolute atomic E-state index is 0.779. The van der Waals surface area contributed by atoms with Gasteiger partial charge in [-0.3, -0.25) is 0 Å². The van der Waals surface area contributed by atoms with Crippen molar-refractivity contribution in [1.29, 1.82) is 0 Å². The Bertz CT molecular complexity index is 228. The van der Waals surface area contributed by atoms with Crippen molar-refractivity contribution >= 4 is 0 Å². The van der Waals surface area contributed by atoms with E-state index in [0.717, 1.165) is 63.8 Å². The molecule has 0 saturated carbocycles. The molecule has 0 heterocycles. The van der Waals surface area contributed by atoms with Crippen LogP contribution in [0.4, 0.5) is 0 Å². The molecular weight excluding hydrogens is 336 g/mol.